The van der Waals surface area contributed by atoms with Gasteiger partial charge in [-0.25, -0.2) is 0 Å². The minimum atomic E-state index is 0.260. The molecule has 0 saturated carbocycles. The van der Waals surface area contributed by atoms with E-state index in [0.29, 0.717) is 5.70 Å². The summed E-state index contributed by atoms with van der Waals surface area (Å²) in [5, 5.41) is 2.62. The van der Waals surface area contributed by atoms with Crippen LogP contribution in [0.15, 0.2) is 84.7 Å². The highest BCUT2D eigenvalue weighted by atomic mass is 15.1. The minimum absolute atomic E-state index is 0.260. The summed E-state index contributed by atoms with van der Waals surface area (Å²) in [5.41, 5.74) is 21.2. The number of nitrogens with zero attached hydrogens (tertiary/aromatic N) is 1. The molecule has 0 fully saturated rings. The molecule has 32 heavy (non-hydrogen) atoms. The van der Waals surface area contributed by atoms with Crippen molar-refractivity contribution in [3.63, 3.8) is 0 Å². The summed E-state index contributed by atoms with van der Waals surface area (Å²) < 4.78 is 0. The summed E-state index contributed by atoms with van der Waals surface area (Å²) in [5.74, 6) is 0.260. The Morgan fingerprint density at radius 2 is 1.28 bits per heavy atom. The third kappa shape index (κ3) is 8.48. The number of fused-ring (bicyclic) bond motifs is 2. The van der Waals surface area contributed by atoms with Crippen molar-refractivity contribution in [2.75, 3.05) is 13.6 Å². The van der Waals surface area contributed by atoms with Crippen molar-refractivity contribution in [1.29, 1.82) is 0 Å². The number of rotatable bonds is 2. The Bertz CT molecular complexity index is 936. The van der Waals surface area contributed by atoms with Gasteiger partial charge in [-0.05, 0) is 59.1 Å². The lowest BCUT2D eigenvalue weighted by atomic mass is 9.96. The topological polar surface area (TPSA) is 81.3 Å². The van der Waals surface area contributed by atoms with E-state index in [2.05, 4.69) is 78.7 Å². The third-order valence-corrected chi connectivity index (χ3v) is 4.86. The van der Waals surface area contributed by atoms with E-state index < -0.39 is 0 Å². The average molecular weight is 433 g/mol. The zero-order chi connectivity index (χ0) is 23.9. The normalized spacial score (nSPS) is 12.6. The van der Waals surface area contributed by atoms with Gasteiger partial charge in [-0.15, -0.1) is 0 Å². The Morgan fingerprint density at radius 3 is 1.78 bits per heavy atom. The second kappa shape index (κ2) is 14.7. The lowest BCUT2D eigenvalue weighted by molar-refractivity contribution is 0.313. The van der Waals surface area contributed by atoms with E-state index in [1.165, 1.54) is 21.9 Å². The van der Waals surface area contributed by atoms with Gasteiger partial charge in [0.15, 0.2) is 0 Å². The number of benzene rings is 3. The zero-order valence-electron chi connectivity index (χ0n) is 20.3. The lowest BCUT2D eigenvalue weighted by Crippen LogP contribution is -2.26. The lowest BCUT2D eigenvalue weighted by Gasteiger charge is -2.25. The van der Waals surface area contributed by atoms with E-state index in [9.17, 15) is 0 Å². The molecular weight excluding hydrogens is 392 g/mol. The van der Waals surface area contributed by atoms with E-state index in [-0.39, 0.29) is 5.82 Å². The molecule has 1 heterocycles. The van der Waals surface area contributed by atoms with Crippen molar-refractivity contribution in [3.05, 3.63) is 101 Å². The minimum Gasteiger partial charge on any atom is -0.398 e. The van der Waals surface area contributed by atoms with E-state index in [1.807, 2.05) is 27.7 Å². The zero-order valence-corrected chi connectivity index (χ0v) is 20.3. The predicted octanol–water partition coefficient (Wildman–Crippen LogP) is 5.63. The van der Waals surface area contributed by atoms with Crippen LogP contribution in [0.25, 0.3) is 16.5 Å². The third-order valence-electron chi connectivity index (χ3n) is 4.86. The van der Waals surface area contributed by atoms with Crippen LogP contribution in [0.5, 0.6) is 0 Å². The number of nitrogens with two attached hydrogens (primary N) is 3. The van der Waals surface area contributed by atoms with Crippen molar-refractivity contribution >= 4 is 16.5 Å². The van der Waals surface area contributed by atoms with E-state index in [1.54, 1.807) is 12.2 Å². The van der Waals surface area contributed by atoms with Gasteiger partial charge in [-0.3, -0.25) is 0 Å². The van der Waals surface area contributed by atoms with Crippen LogP contribution in [0.2, 0.25) is 0 Å². The Hall–Kier alpha value is -3.24. The molecule has 0 aliphatic carbocycles. The molecule has 6 N–H and O–H groups in total. The molecular formula is C28H40N4. The molecule has 0 aromatic heterocycles. The molecule has 0 spiro atoms. The van der Waals surface area contributed by atoms with Crippen LogP contribution in [-0.4, -0.2) is 18.5 Å². The monoisotopic (exact) mass is 432 g/mol. The maximum Gasteiger partial charge on any atom is 0.0934 e. The van der Waals surface area contributed by atoms with Gasteiger partial charge < -0.3 is 22.1 Å². The SMILES string of the molecule is CC.CC.CN1CCc2ccc(/C(N)=C/C=C(N)N)cc2C1.c1ccc2ccccc2c1. The molecule has 4 rings (SSSR count). The first-order valence-corrected chi connectivity index (χ1v) is 11.5. The molecule has 3 aromatic carbocycles. The first kappa shape index (κ1) is 26.8. The van der Waals surface area contributed by atoms with Gasteiger partial charge in [-0.2, -0.15) is 0 Å². The van der Waals surface area contributed by atoms with Crippen LogP contribution in [-0.2, 0) is 13.0 Å². The molecule has 3 aromatic rings. The van der Waals surface area contributed by atoms with Gasteiger partial charge in [-0.1, -0.05) is 88.4 Å². The highest BCUT2D eigenvalue weighted by Gasteiger charge is 2.13. The first-order valence-electron chi connectivity index (χ1n) is 11.5. The molecule has 0 radical (unpaired) electrons. The van der Waals surface area contributed by atoms with Crippen LogP contribution < -0.4 is 17.2 Å². The fraction of sp³-hybridized carbons (Fsp3) is 0.286. The molecule has 0 amide bonds. The average Bonchev–Trinajstić information content (AvgIpc) is 2.85. The second-order valence-corrected chi connectivity index (χ2v) is 7.11. The molecule has 172 valence electrons. The summed E-state index contributed by atoms with van der Waals surface area (Å²) in [6, 6.07) is 23.1. The van der Waals surface area contributed by atoms with Gasteiger partial charge in [0.05, 0.1) is 5.82 Å². The molecule has 0 atom stereocenters. The van der Waals surface area contributed by atoms with Crippen LogP contribution >= 0.6 is 0 Å². The highest BCUT2D eigenvalue weighted by molar-refractivity contribution is 5.82. The smallest absolute Gasteiger partial charge is 0.0934 e. The van der Waals surface area contributed by atoms with Crippen molar-refractivity contribution in [1.82, 2.24) is 4.90 Å². The molecule has 0 unspecified atom stereocenters. The molecule has 0 saturated heterocycles. The van der Waals surface area contributed by atoms with Crippen LogP contribution in [0, 0.1) is 0 Å². The van der Waals surface area contributed by atoms with Crippen molar-refractivity contribution in [2.45, 2.75) is 40.7 Å². The van der Waals surface area contributed by atoms with E-state index in [0.717, 1.165) is 25.1 Å². The standard InChI is InChI=1S/C14H20N4.C10H8.2C2H6/c1-18-7-6-10-2-3-11(8-12(10)9-18)13(15)4-5-14(16)17;1-2-6-10-8-4-3-7-9(10)5-1;2*1-2/h2-5,8H,6-7,9,15-17H2,1H3;1-8H;2*1-2H3/b13-4-;;;. The summed E-state index contributed by atoms with van der Waals surface area (Å²) in [4.78, 5) is 2.31. The van der Waals surface area contributed by atoms with E-state index in [4.69, 9.17) is 17.2 Å². The van der Waals surface area contributed by atoms with Crippen molar-refractivity contribution < 1.29 is 0 Å². The van der Waals surface area contributed by atoms with Crippen molar-refractivity contribution in [3.8, 4) is 0 Å². The first-order chi connectivity index (χ1) is 15.5. The largest absolute Gasteiger partial charge is 0.398 e. The molecule has 1 aliphatic heterocycles. The maximum atomic E-state index is 6.00. The molecule has 1 aliphatic rings. The fourth-order valence-corrected chi connectivity index (χ4v) is 3.29. The Morgan fingerprint density at radius 1 is 0.750 bits per heavy atom. The summed E-state index contributed by atoms with van der Waals surface area (Å²) >= 11 is 0. The van der Waals surface area contributed by atoms with Gasteiger partial charge >= 0.3 is 0 Å². The molecule has 4 heteroatoms. The Kier molecular flexibility index (Phi) is 12.3. The molecule has 0 bridgehead atoms. The maximum absolute atomic E-state index is 6.00. The van der Waals surface area contributed by atoms with Crippen LogP contribution in [0.3, 0.4) is 0 Å². The number of allylic oxidation sites excluding steroid dienone is 2. The summed E-state index contributed by atoms with van der Waals surface area (Å²) in [7, 11) is 2.13. The summed E-state index contributed by atoms with van der Waals surface area (Å²) in [6.07, 6.45) is 4.45. The van der Waals surface area contributed by atoms with Crippen molar-refractivity contribution in [2.24, 2.45) is 17.2 Å². The van der Waals surface area contributed by atoms with Crippen LogP contribution in [0.1, 0.15) is 44.4 Å². The second-order valence-electron chi connectivity index (χ2n) is 7.11. The molecule has 4 nitrogen and oxygen atoms in total. The van der Waals surface area contributed by atoms with Crippen LogP contribution in [0.4, 0.5) is 0 Å². The van der Waals surface area contributed by atoms with Gasteiger partial charge in [0, 0.05) is 18.8 Å². The fourth-order valence-electron chi connectivity index (χ4n) is 3.29. The Balaban J connectivity index is 0.000000308. The quantitative estimate of drug-likeness (QED) is 0.459. The number of hydrogen-bond donors (Lipinski definition) is 3. The Labute approximate surface area is 194 Å². The summed E-state index contributed by atoms with van der Waals surface area (Å²) in [6.45, 7) is 10.1. The number of likely N-dealkylation sites (N-methyl/N-ethyl adjacent to an activating group) is 1. The van der Waals surface area contributed by atoms with E-state index >= 15 is 0 Å². The predicted molar refractivity (Wildman–Crippen MR) is 142 cm³/mol. The number of hydrogen-bond acceptors (Lipinski definition) is 4. The van der Waals surface area contributed by atoms with Gasteiger partial charge in [0.25, 0.3) is 0 Å². The van der Waals surface area contributed by atoms with Gasteiger partial charge in [0.2, 0.25) is 0 Å². The van der Waals surface area contributed by atoms with Gasteiger partial charge in [0.1, 0.15) is 0 Å². The highest BCUT2D eigenvalue weighted by Crippen LogP contribution is 2.21.